The Morgan fingerprint density at radius 2 is 2.05 bits per heavy atom. The first kappa shape index (κ1) is 14.3. The van der Waals surface area contributed by atoms with Crippen LogP contribution in [0.5, 0.6) is 5.75 Å². The van der Waals surface area contributed by atoms with Gasteiger partial charge in [0.1, 0.15) is 11.3 Å². The van der Waals surface area contributed by atoms with Crippen LogP contribution in [0, 0.1) is 0 Å². The fraction of sp³-hybridized carbons (Fsp3) is 0.133. The maximum Gasteiger partial charge on any atom is 0.338 e. The molecule has 0 fully saturated rings. The van der Waals surface area contributed by atoms with Crippen molar-refractivity contribution >= 4 is 28.7 Å². The molecule has 0 aliphatic heterocycles. The van der Waals surface area contributed by atoms with Crippen molar-refractivity contribution in [2.75, 3.05) is 7.11 Å². The minimum absolute atomic E-state index is 0.0520. The van der Waals surface area contributed by atoms with E-state index in [-0.39, 0.29) is 10.6 Å². The molecule has 2 aromatic heterocycles. The molecule has 3 aromatic rings. The lowest BCUT2D eigenvalue weighted by molar-refractivity contribution is 0.0697. The van der Waals surface area contributed by atoms with E-state index in [1.54, 1.807) is 13.4 Å². The van der Waals surface area contributed by atoms with Crippen molar-refractivity contribution < 1.29 is 14.6 Å². The molecule has 0 bridgehead atoms. The van der Waals surface area contributed by atoms with Gasteiger partial charge in [0.2, 0.25) is 0 Å². The molecule has 0 saturated carbocycles. The number of hydrogen-bond donors (Lipinski definition) is 1. The highest BCUT2D eigenvalue weighted by atomic mass is 35.5. The molecule has 7 heteroatoms. The second-order valence-electron chi connectivity index (χ2n) is 4.68. The van der Waals surface area contributed by atoms with Crippen LogP contribution in [0.4, 0.5) is 0 Å². The molecule has 0 saturated heterocycles. The Bertz CT molecular complexity index is 843. The lowest BCUT2D eigenvalue weighted by Crippen LogP contribution is -2.02. The zero-order chi connectivity index (χ0) is 15.7. The van der Waals surface area contributed by atoms with Gasteiger partial charge in [-0.3, -0.25) is 0 Å². The number of carbonyl (C=O) groups is 1. The third kappa shape index (κ3) is 2.48. The second kappa shape index (κ2) is 5.65. The van der Waals surface area contributed by atoms with Crippen LogP contribution >= 0.6 is 11.6 Å². The molecular formula is C15H12ClN3O3. The third-order valence-electron chi connectivity index (χ3n) is 3.31. The number of hydrogen-bond acceptors (Lipinski definition) is 4. The molecule has 0 aliphatic carbocycles. The average molecular weight is 318 g/mol. The quantitative estimate of drug-likeness (QED) is 0.800. The highest BCUT2D eigenvalue weighted by molar-refractivity contribution is 6.37. The first-order valence-corrected chi connectivity index (χ1v) is 6.83. The number of carboxylic acids is 1. The van der Waals surface area contributed by atoms with Crippen molar-refractivity contribution in [1.29, 1.82) is 0 Å². The Kier molecular flexibility index (Phi) is 3.68. The fourth-order valence-electron chi connectivity index (χ4n) is 2.17. The largest absolute Gasteiger partial charge is 0.497 e. The fourth-order valence-corrected chi connectivity index (χ4v) is 2.43. The molecule has 0 atom stereocenters. The molecule has 112 valence electrons. The van der Waals surface area contributed by atoms with Gasteiger partial charge < -0.3 is 14.4 Å². The van der Waals surface area contributed by atoms with E-state index in [9.17, 15) is 4.79 Å². The summed E-state index contributed by atoms with van der Waals surface area (Å²) >= 11 is 6.08. The van der Waals surface area contributed by atoms with E-state index in [4.69, 9.17) is 21.4 Å². The van der Waals surface area contributed by atoms with E-state index < -0.39 is 5.97 Å². The van der Waals surface area contributed by atoms with Crippen LogP contribution in [0.2, 0.25) is 5.02 Å². The summed E-state index contributed by atoms with van der Waals surface area (Å²) in [6.45, 7) is 0.552. The van der Waals surface area contributed by atoms with Crippen molar-refractivity contribution in [3.05, 3.63) is 52.9 Å². The first-order chi connectivity index (χ1) is 10.6. The zero-order valence-corrected chi connectivity index (χ0v) is 12.4. The molecule has 0 radical (unpaired) electrons. The summed E-state index contributed by atoms with van der Waals surface area (Å²) in [6.07, 6.45) is 2.85. The van der Waals surface area contributed by atoms with Gasteiger partial charge in [0.05, 0.1) is 30.6 Å². The van der Waals surface area contributed by atoms with Crippen molar-refractivity contribution in [3.63, 3.8) is 0 Å². The van der Waals surface area contributed by atoms with E-state index in [2.05, 4.69) is 9.97 Å². The van der Waals surface area contributed by atoms with Crippen molar-refractivity contribution in [1.82, 2.24) is 14.5 Å². The summed E-state index contributed by atoms with van der Waals surface area (Å²) in [5, 5.41) is 9.15. The number of rotatable bonds is 4. The number of methoxy groups -OCH3 is 1. The van der Waals surface area contributed by atoms with E-state index >= 15 is 0 Å². The number of imidazole rings is 1. The lowest BCUT2D eigenvalue weighted by Gasteiger charge is -2.06. The van der Waals surface area contributed by atoms with Gasteiger partial charge in [-0.2, -0.15) is 0 Å². The highest BCUT2D eigenvalue weighted by Gasteiger charge is 2.16. The highest BCUT2D eigenvalue weighted by Crippen LogP contribution is 2.25. The molecule has 0 amide bonds. The number of pyridine rings is 1. The van der Waals surface area contributed by atoms with Crippen molar-refractivity contribution in [3.8, 4) is 5.75 Å². The number of benzene rings is 1. The monoisotopic (exact) mass is 317 g/mol. The molecule has 0 unspecified atom stereocenters. The molecule has 1 N–H and O–H groups in total. The minimum Gasteiger partial charge on any atom is -0.497 e. The summed E-state index contributed by atoms with van der Waals surface area (Å²) in [7, 11) is 1.62. The number of fused-ring (bicyclic) bond motifs is 1. The van der Waals surface area contributed by atoms with E-state index in [1.165, 1.54) is 6.20 Å². The van der Waals surface area contributed by atoms with Crippen LogP contribution < -0.4 is 4.74 Å². The number of halogens is 1. The average Bonchev–Trinajstić information content (AvgIpc) is 2.92. The number of ether oxygens (including phenoxy) is 1. The van der Waals surface area contributed by atoms with Gasteiger partial charge in [-0.25, -0.2) is 14.8 Å². The van der Waals surface area contributed by atoms with Crippen LogP contribution in [0.1, 0.15) is 15.9 Å². The van der Waals surface area contributed by atoms with Gasteiger partial charge in [-0.05, 0) is 17.7 Å². The van der Waals surface area contributed by atoms with Gasteiger partial charge in [0.15, 0.2) is 5.65 Å². The number of carboxylic acid groups (broad SMARTS) is 1. The molecule has 0 spiro atoms. The molecule has 6 nitrogen and oxygen atoms in total. The summed E-state index contributed by atoms with van der Waals surface area (Å²) in [5.74, 6) is -0.337. The maximum atomic E-state index is 11.1. The standard InChI is InChI=1S/C15H12ClN3O3/c1-22-10-4-2-9(3-5-10)7-19-8-18-13-12(16)11(15(20)21)6-17-14(13)19/h2-6,8H,7H2,1H3,(H,20,21). The van der Waals surface area contributed by atoms with E-state index in [0.717, 1.165) is 11.3 Å². The second-order valence-corrected chi connectivity index (χ2v) is 5.06. The van der Waals surface area contributed by atoms with Gasteiger partial charge in [0.25, 0.3) is 0 Å². The molecule has 3 rings (SSSR count). The predicted molar refractivity (Wildman–Crippen MR) is 81.6 cm³/mol. The van der Waals surface area contributed by atoms with Gasteiger partial charge >= 0.3 is 5.97 Å². The molecule has 2 heterocycles. The molecular weight excluding hydrogens is 306 g/mol. The summed E-state index contributed by atoms with van der Waals surface area (Å²) < 4.78 is 6.94. The Hall–Kier alpha value is -2.60. The maximum absolute atomic E-state index is 11.1. The van der Waals surface area contributed by atoms with Crippen molar-refractivity contribution in [2.24, 2.45) is 0 Å². The number of aromatic nitrogens is 3. The number of aromatic carboxylic acids is 1. The summed E-state index contributed by atoms with van der Waals surface area (Å²) in [6, 6.07) is 7.63. The summed E-state index contributed by atoms with van der Waals surface area (Å²) in [5.41, 5.74) is 1.92. The minimum atomic E-state index is -1.12. The molecule has 22 heavy (non-hydrogen) atoms. The van der Waals surface area contributed by atoms with Crippen LogP contribution in [0.15, 0.2) is 36.8 Å². The van der Waals surface area contributed by atoms with Crippen LogP contribution in [0.3, 0.4) is 0 Å². The van der Waals surface area contributed by atoms with Gasteiger partial charge in [-0.15, -0.1) is 0 Å². The third-order valence-corrected chi connectivity index (χ3v) is 3.70. The smallest absolute Gasteiger partial charge is 0.338 e. The van der Waals surface area contributed by atoms with Gasteiger partial charge in [-0.1, -0.05) is 23.7 Å². The van der Waals surface area contributed by atoms with Crippen LogP contribution in [0.25, 0.3) is 11.2 Å². The first-order valence-electron chi connectivity index (χ1n) is 6.45. The lowest BCUT2D eigenvalue weighted by atomic mass is 10.2. The SMILES string of the molecule is COc1ccc(Cn2cnc3c(Cl)c(C(=O)O)cnc32)cc1. The van der Waals surface area contributed by atoms with Crippen LogP contribution in [-0.4, -0.2) is 32.7 Å². The Labute approximate surface area is 130 Å². The Morgan fingerprint density at radius 3 is 2.68 bits per heavy atom. The molecule has 1 aromatic carbocycles. The van der Waals surface area contributed by atoms with E-state index in [1.807, 2.05) is 28.8 Å². The predicted octanol–water partition coefficient (Wildman–Crippen LogP) is 2.84. The normalized spacial score (nSPS) is 10.8. The summed E-state index contributed by atoms with van der Waals surface area (Å²) in [4.78, 5) is 19.4. The van der Waals surface area contributed by atoms with Crippen molar-refractivity contribution in [2.45, 2.75) is 6.54 Å². The zero-order valence-electron chi connectivity index (χ0n) is 11.7. The van der Waals surface area contributed by atoms with Crippen LogP contribution in [-0.2, 0) is 6.54 Å². The molecule has 0 aliphatic rings. The Balaban J connectivity index is 1.97. The van der Waals surface area contributed by atoms with Gasteiger partial charge in [0, 0.05) is 6.20 Å². The topological polar surface area (TPSA) is 77.2 Å². The number of nitrogens with zero attached hydrogens (tertiary/aromatic N) is 3. The van der Waals surface area contributed by atoms with E-state index in [0.29, 0.717) is 17.7 Å². The Morgan fingerprint density at radius 1 is 1.32 bits per heavy atom.